The number of nitrogens with zero attached hydrogens (tertiary/aromatic N) is 1. The number of nitrogens with one attached hydrogen (secondary N) is 1. The van der Waals surface area contributed by atoms with Crippen LogP contribution in [0.5, 0.6) is 0 Å². The van der Waals surface area contributed by atoms with Gasteiger partial charge in [0.2, 0.25) is 0 Å². The number of hydrogen-bond acceptors (Lipinski definition) is 2. The lowest BCUT2D eigenvalue weighted by Crippen LogP contribution is -2.10. The molecule has 3 heteroatoms. The fourth-order valence-corrected chi connectivity index (χ4v) is 1.87. The van der Waals surface area contributed by atoms with Crippen molar-refractivity contribution in [1.82, 2.24) is 9.97 Å². The summed E-state index contributed by atoms with van der Waals surface area (Å²) in [7, 11) is 0. The zero-order valence-electron chi connectivity index (χ0n) is 10.4. The van der Waals surface area contributed by atoms with Crippen molar-refractivity contribution in [2.45, 2.75) is 26.2 Å². The van der Waals surface area contributed by atoms with Crippen molar-refractivity contribution in [3.05, 3.63) is 41.9 Å². The summed E-state index contributed by atoms with van der Waals surface area (Å²) < 4.78 is 0. The number of rotatable bonds is 4. The summed E-state index contributed by atoms with van der Waals surface area (Å²) >= 11 is 0. The first kappa shape index (κ1) is 11.9. The van der Waals surface area contributed by atoms with Crippen molar-refractivity contribution in [3.63, 3.8) is 0 Å². The average Bonchev–Trinajstić information content (AvgIpc) is 2.83. The fourth-order valence-electron chi connectivity index (χ4n) is 1.87. The Morgan fingerprint density at radius 3 is 2.59 bits per heavy atom. The summed E-state index contributed by atoms with van der Waals surface area (Å²) in [6, 6.07) is 10.3. The highest BCUT2D eigenvalue weighted by atomic mass is 14.9. The van der Waals surface area contributed by atoms with Gasteiger partial charge in [-0.05, 0) is 6.42 Å². The van der Waals surface area contributed by atoms with Crippen LogP contribution in [0.15, 0.2) is 30.3 Å². The molecule has 3 nitrogen and oxygen atoms in total. The molecule has 0 saturated carbocycles. The molecule has 0 spiro atoms. The summed E-state index contributed by atoms with van der Waals surface area (Å²) in [5, 5.41) is 0. The van der Waals surface area contributed by atoms with Gasteiger partial charge >= 0.3 is 0 Å². The largest absolute Gasteiger partial charge is 0.345 e. The quantitative estimate of drug-likeness (QED) is 0.847. The van der Waals surface area contributed by atoms with E-state index in [1.807, 2.05) is 18.2 Å². The van der Waals surface area contributed by atoms with Crippen molar-refractivity contribution in [2.24, 2.45) is 5.73 Å². The molecule has 0 radical (unpaired) electrons. The van der Waals surface area contributed by atoms with Crippen LogP contribution in [0, 0.1) is 0 Å². The minimum Gasteiger partial charge on any atom is -0.345 e. The number of benzene rings is 1. The van der Waals surface area contributed by atoms with E-state index in [0.717, 1.165) is 23.5 Å². The maximum atomic E-state index is 5.68. The van der Waals surface area contributed by atoms with Gasteiger partial charge in [-0.3, -0.25) is 0 Å². The maximum absolute atomic E-state index is 5.68. The third kappa shape index (κ3) is 2.39. The summed E-state index contributed by atoms with van der Waals surface area (Å²) in [5.41, 5.74) is 9.09. The minimum atomic E-state index is 0.276. The molecule has 1 aromatic heterocycles. The highest BCUT2D eigenvalue weighted by molar-refractivity contribution is 5.62. The molecule has 90 valence electrons. The first-order chi connectivity index (χ1) is 8.26. The summed E-state index contributed by atoms with van der Waals surface area (Å²) in [5.74, 6) is 1.26. The molecule has 1 unspecified atom stereocenters. The summed E-state index contributed by atoms with van der Waals surface area (Å²) in [4.78, 5) is 8.08. The Labute approximate surface area is 102 Å². The van der Waals surface area contributed by atoms with Crippen molar-refractivity contribution < 1.29 is 0 Å². The lowest BCUT2D eigenvalue weighted by Gasteiger charge is -2.02. The lowest BCUT2D eigenvalue weighted by atomic mass is 10.1. The SMILES string of the molecule is CCc1[nH]c(C(C)CN)nc1-c1ccccc1. The molecule has 0 aliphatic carbocycles. The van der Waals surface area contributed by atoms with E-state index in [0.29, 0.717) is 6.54 Å². The molecule has 1 atom stereocenters. The van der Waals surface area contributed by atoms with Crippen LogP contribution >= 0.6 is 0 Å². The predicted octanol–water partition coefficient (Wildman–Crippen LogP) is 2.70. The van der Waals surface area contributed by atoms with E-state index in [1.54, 1.807) is 0 Å². The molecule has 1 heterocycles. The van der Waals surface area contributed by atoms with E-state index in [9.17, 15) is 0 Å². The Balaban J connectivity index is 2.43. The van der Waals surface area contributed by atoms with E-state index < -0.39 is 0 Å². The Kier molecular flexibility index (Phi) is 3.59. The second kappa shape index (κ2) is 5.15. The normalized spacial score (nSPS) is 12.6. The molecule has 0 fully saturated rings. The number of aryl methyl sites for hydroxylation is 1. The highest BCUT2D eigenvalue weighted by Gasteiger charge is 2.14. The number of nitrogens with two attached hydrogens (primary N) is 1. The topological polar surface area (TPSA) is 54.7 Å². The lowest BCUT2D eigenvalue weighted by molar-refractivity contribution is 0.722. The summed E-state index contributed by atoms with van der Waals surface area (Å²) in [6.07, 6.45) is 0.953. The van der Waals surface area contributed by atoms with Crippen LogP contribution in [0.4, 0.5) is 0 Å². The smallest absolute Gasteiger partial charge is 0.111 e. The van der Waals surface area contributed by atoms with Crippen molar-refractivity contribution in [2.75, 3.05) is 6.54 Å². The van der Waals surface area contributed by atoms with Gasteiger partial charge in [-0.15, -0.1) is 0 Å². The number of hydrogen-bond donors (Lipinski definition) is 2. The first-order valence-electron chi connectivity index (χ1n) is 6.10. The van der Waals surface area contributed by atoms with Crippen LogP contribution in [0.3, 0.4) is 0 Å². The molecule has 0 bridgehead atoms. The van der Waals surface area contributed by atoms with Crippen LogP contribution in [0.25, 0.3) is 11.3 Å². The van der Waals surface area contributed by atoms with Gasteiger partial charge in [0.05, 0.1) is 5.69 Å². The highest BCUT2D eigenvalue weighted by Crippen LogP contribution is 2.24. The number of H-pyrrole nitrogens is 1. The third-order valence-electron chi connectivity index (χ3n) is 3.02. The molecule has 3 N–H and O–H groups in total. The number of aromatic amines is 1. The molecule has 17 heavy (non-hydrogen) atoms. The van der Waals surface area contributed by atoms with E-state index >= 15 is 0 Å². The molecule has 2 rings (SSSR count). The minimum absolute atomic E-state index is 0.276. The zero-order valence-corrected chi connectivity index (χ0v) is 10.4. The van der Waals surface area contributed by atoms with Crippen molar-refractivity contribution >= 4 is 0 Å². The maximum Gasteiger partial charge on any atom is 0.111 e. The average molecular weight is 229 g/mol. The van der Waals surface area contributed by atoms with E-state index in [2.05, 4.69) is 35.9 Å². The van der Waals surface area contributed by atoms with E-state index in [1.165, 1.54) is 5.69 Å². The third-order valence-corrected chi connectivity index (χ3v) is 3.02. The van der Waals surface area contributed by atoms with Gasteiger partial charge in [0.1, 0.15) is 5.82 Å². The van der Waals surface area contributed by atoms with Crippen LogP contribution in [0.1, 0.15) is 31.3 Å². The van der Waals surface area contributed by atoms with E-state index in [4.69, 9.17) is 5.73 Å². The molecule has 0 amide bonds. The number of imidazole rings is 1. The van der Waals surface area contributed by atoms with Gasteiger partial charge in [-0.2, -0.15) is 0 Å². The van der Waals surface area contributed by atoms with E-state index in [-0.39, 0.29) is 5.92 Å². The number of aromatic nitrogens is 2. The van der Waals surface area contributed by atoms with Gasteiger partial charge < -0.3 is 10.7 Å². The van der Waals surface area contributed by atoms with Gasteiger partial charge in [0.25, 0.3) is 0 Å². The Hall–Kier alpha value is -1.61. The Bertz CT molecular complexity index is 473. The molecular weight excluding hydrogens is 210 g/mol. The molecule has 2 aromatic rings. The molecule has 1 aromatic carbocycles. The molecule has 0 aliphatic heterocycles. The molecule has 0 saturated heterocycles. The zero-order chi connectivity index (χ0) is 12.3. The standard InChI is InChI=1S/C14H19N3/c1-3-12-13(11-7-5-4-6-8-11)17-14(16-12)10(2)9-15/h4-8,10H,3,9,15H2,1-2H3,(H,16,17). The van der Waals surface area contributed by atoms with Crippen LogP contribution in [0.2, 0.25) is 0 Å². The summed E-state index contributed by atoms with van der Waals surface area (Å²) in [6.45, 7) is 4.84. The van der Waals surface area contributed by atoms with Crippen LogP contribution < -0.4 is 5.73 Å². The second-order valence-corrected chi connectivity index (χ2v) is 4.31. The Morgan fingerprint density at radius 1 is 1.29 bits per heavy atom. The van der Waals surface area contributed by atoms with Crippen LogP contribution in [-0.4, -0.2) is 16.5 Å². The molecule has 0 aliphatic rings. The van der Waals surface area contributed by atoms with Gasteiger partial charge in [-0.25, -0.2) is 4.98 Å². The van der Waals surface area contributed by atoms with Crippen molar-refractivity contribution in [3.8, 4) is 11.3 Å². The predicted molar refractivity (Wildman–Crippen MR) is 70.9 cm³/mol. The fraction of sp³-hybridized carbons (Fsp3) is 0.357. The van der Waals surface area contributed by atoms with Crippen molar-refractivity contribution in [1.29, 1.82) is 0 Å². The van der Waals surface area contributed by atoms with Gasteiger partial charge in [-0.1, -0.05) is 44.2 Å². The van der Waals surface area contributed by atoms with Crippen LogP contribution in [-0.2, 0) is 6.42 Å². The first-order valence-corrected chi connectivity index (χ1v) is 6.10. The van der Waals surface area contributed by atoms with Gasteiger partial charge in [0.15, 0.2) is 0 Å². The monoisotopic (exact) mass is 229 g/mol. The second-order valence-electron chi connectivity index (χ2n) is 4.31. The molecular formula is C14H19N3. The van der Waals surface area contributed by atoms with Gasteiger partial charge in [0, 0.05) is 23.7 Å². The Morgan fingerprint density at radius 2 is 2.00 bits per heavy atom.